The number of likely N-dealkylation sites (tertiary alicyclic amines) is 1. The predicted octanol–water partition coefficient (Wildman–Crippen LogP) is 4.01. The smallest absolute Gasteiger partial charge is 0.290 e. The van der Waals surface area contributed by atoms with Gasteiger partial charge in [0.15, 0.2) is 0 Å². The molecule has 1 aromatic heterocycles. The third-order valence-corrected chi connectivity index (χ3v) is 5.78. The van der Waals surface area contributed by atoms with E-state index >= 15 is 0 Å². The average Bonchev–Trinajstić information content (AvgIpc) is 2.74. The summed E-state index contributed by atoms with van der Waals surface area (Å²) in [5, 5.41) is 2.82. The first kappa shape index (κ1) is 22.1. The summed E-state index contributed by atoms with van der Waals surface area (Å²) in [7, 11) is 0. The molecule has 1 aromatic carbocycles. The van der Waals surface area contributed by atoms with Gasteiger partial charge in [0.25, 0.3) is 11.7 Å². The molecule has 0 bridgehead atoms. The lowest BCUT2D eigenvalue weighted by atomic mass is 9.95. The first-order valence-electron chi connectivity index (χ1n) is 9.57. The maximum absolute atomic E-state index is 13.6. The summed E-state index contributed by atoms with van der Waals surface area (Å²) in [6.07, 6.45) is 2.31. The van der Waals surface area contributed by atoms with Crippen LogP contribution < -0.4 is 5.32 Å². The van der Waals surface area contributed by atoms with Gasteiger partial charge in [-0.1, -0.05) is 12.1 Å². The number of hydrogen-bond acceptors (Lipinski definition) is 4. The van der Waals surface area contributed by atoms with Crippen molar-refractivity contribution in [3.63, 3.8) is 0 Å². The predicted molar refractivity (Wildman–Crippen MR) is 108 cm³/mol. The van der Waals surface area contributed by atoms with Gasteiger partial charge in [-0.25, -0.2) is 9.37 Å². The zero-order valence-electron chi connectivity index (χ0n) is 16.4. The molecule has 2 aromatic rings. The Balaban J connectivity index is 1.53. The van der Waals surface area contributed by atoms with Crippen molar-refractivity contribution in [2.75, 3.05) is 13.1 Å². The Labute approximate surface area is 177 Å². The van der Waals surface area contributed by atoms with Crippen LogP contribution >= 0.6 is 11.8 Å². The van der Waals surface area contributed by atoms with Crippen LogP contribution in [0.1, 0.15) is 34.3 Å². The molecule has 2 heterocycles. The number of carbonyl (C=O) groups excluding carboxylic acids is 2. The molecule has 1 aliphatic heterocycles. The van der Waals surface area contributed by atoms with E-state index in [9.17, 15) is 22.8 Å². The van der Waals surface area contributed by atoms with Crippen LogP contribution in [0.15, 0.2) is 41.6 Å². The number of thioether (sulfide) groups is 1. The second-order valence-electron chi connectivity index (χ2n) is 7.10. The van der Waals surface area contributed by atoms with Crippen molar-refractivity contribution < 1.29 is 22.8 Å². The fraction of sp³-hybridized carbons (Fsp3) is 0.381. The van der Waals surface area contributed by atoms with Gasteiger partial charge in [0, 0.05) is 31.7 Å². The molecular weight excluding hydrogens is 415 g/mol. The maximum atomic E-state index is 13.6. The van der Waals surface area contributed by atoms with Gasteiger partial charge in [0.05, 0.1) is 5.56 Å². The normalized spacial score (nSPS) is 14.8. The number of benzene rings is 1. The summed E-state index contributed by atoms with van der Waals surface area (Å²) in [5.74, 6) is -3.73. The number of alkyl halides is 2. The molecule has 0 saturated carbocycles. The van der Waals surface area contributed by atoms with Gasteiger partial charge in [0.2, 0.25) is 5.91 Å². The standard InChI is InChI=1S/C21H22F3N3O2S/c1-13-4-5-14(11-17(13)22)12-26-18(28)15-6-9-27(10-7-15)20(29)16-3-2-8-25-19(16)30-21(23)24/h2-5,8,11,15,21H,6-7,9-10,12H2,1H3,(H,26,28). The Morgan fingerprint density at radius 2 is 2.00 bits per heavy atom. The number of hydrogen-bond donors (Lipinski definition) is 1. The molecule has 0 unspecified atom stereocenters. The van der Waals surface area contributed by atoms with E-state index < -0.39 is 5.76 Å². The number of carbonyl (C=O) groups is 2. The van der Waals surface area contributed by atoms with Crippen molar-refractivity contribution in [3.05, 3.63) is 59.0 Å². The van der Waals surface area contributed by atoms with Gasteiger partial charge in [-0.3, -0.25) is 9.59 Å². The van der Waals surface area contributed by atoms with E-state index in [2.05, 4.69) is 10.3 Å². The van der Waals surface area contributed by atoms with Gasteiger partial charge in [-0.2, -0.15) is 8.78 Å². The number of amides is 2. The fourth-order valence-corrected chi connectivity index (χ4v) is 3.90. The highest BCUT2D eigenvalue weighted by molar-refractivity contribution is 7.99. The summed E-state index contributed by atoms with van der Waals surface area (Å²) in [5.41, 5.74) is 1.37. The monoisotopic (exact) mass is 437 g/mol. The van der Waals surface area contributed by atoms with E-state index in [0.717, 1.165) is 0 Å². The summed E-state index contributed by atoms with van der Waals surface area (Å²) >= 11 is 0.246. The first-order valence-corrected chi connectivity index (χ1v) is 10.4. The Kier molecular flexibility index (Phi) is 7.36. The Morgan fingerprint density at radius 3 is 2.67 bits per heavy atom. The Bertz CT molecular complexity index is 918. The van der Waals surface area contributed by atoms with Crippen molar-refractivity contribution in [2.45, 2.75) is 37.1 Å². The van der Waals surface area contributed by atoms with Crippen LogP contribution in [0.3, 0.4) is 0 Å². The van der Waals surface area contributed by atoms with Crippen LogP contribution in [0, 0.1) is 18.7 Å². The Morgan fingerprint density at radius 1 is 1.27 bits per heavy atom. The van der Waals surface area contributed by atoms with Crippen LogP contribution in [-0.2, 0) is 11.3 Å². The molecule has 1 fully saturated rings. The molecule has 0 atom stereocenters. The largest absolute Gasteiger partial charge is 0.352 e. The quantitative estimate of drug-likeness (QED) is 0.694. The minimum Gasteiger partial charge on any atom is -0.352 e. The van der Waals surface area contributed by atoms with Gasteiger partial charge >= 0.3 is 0 Å². The third kappa shape index (κ3) is 5.53. The number of piperidine rings is 1. The fourth-order valence-electron chi connectivity index (χ4n) is 3.33. The van der Waals surface area contributed by atoms with E-state index in [0.29, 0.717) is 37.1 Å². The molecule has 30 heavy (non-hydrogen) atoms. The number of nitrogens with zero attached hydrogens (tertiary/aromatic N) is 2. The van der Waals surface area contributed by atoms with Crippen molar-refractivity contribution in [2.24, 2.45) is 5.92 Å². The van der Waals surface area contributed by atoms with Crippen molar-refractivity contribution in [3.8, 4) is 0 Å². The molecule has 2 amide bonds. The van der Waals surface area contributed by atoms with E-state index in [1.807, 2.05) is 0 Å². The van der Waals surface area contributed by atoms with Gasteiger partial charge in [-0.15, -0.1) is 0 Å². The highest BCUT2D eigenvalue weighted by Gasteiger charge is 2.29. The molecule has 5 nitrogen and oxygen atoms in total. The molecular formula is C21H22F3N3O2S. The highest BCUT2D eigenvalue weighted by Crippen LogP contribution is 2.28. The SMILES string of the molecule is Cc1ccc(CNC(=O)C2CCN(C(=O)c3cccnc3SC(F)F)CC2)cc1F. The van der Waals surface area contributed by atoms with E-state index in [-0.39, 0.29) is 52.4 Å². The van der Waals surface area contributed by atoms with E-state index in [1.54, 1.807) is 24.0 Å². The third-order valence-electron chi connectivity index (χ3n) is 5.06. The van der Waals surface area contributed by atoms with Crippen LogP contribution in [0.25, 0.3) is 0 Å². The Hall–Kier alpha value is -2.55. The molecule has 160 valence electrons. The minimum absolute atomic E-state index is 0.00250. The first-order chi connectivity index (χ1) is 14.3. The maximum Gasteiger partial charge on any atom is 0.290 e. The molecule has 1 aliphatic rings. The van der Waals surface area contributed by atoms with Crippen molar-refractivity contribution in [1.29, 1.82) is 0 Å². The molecule has 0 aliphatic carbocycles. The van der Waals surface area contributed by atoms with Gasteiger partial charge < -0.3 is 10.2 Å². The lowest BCUT2D eigenvalue weighted by Crippen LogP contribution is -2.43. The summed E-state index contributed by atoms with van der Waals surface area (Å²) in [6, 6.07) is 7.86. The average molecular weight is 437 g/mol. The lowest BCUT2D eigenvalue weighted by Gasteiger charge is -2.31. The van der Waals surface area contributed by atoms with Crippen LogP contribution in [-0.4, -0.2) is 40.5 Å². The van der Waals surface area contributed by atoms with E-state index in [4.69, 9.17) is 0 Å². The number of nitrogens with one attached hydrogen (secondary N) is 1. The number of halogens is 3. The summed E-state index contributed by atoms with van der Waals surface area (Å²) < 4.78 is 39.0. The molecule has 1 saturated heterocycles. The second-order valence-corrected chi connectivity index (χ2v) is 8.08. The van der Waals surface area contributed by atoms with Crippen molar-refractivity contribution in [1.82, 2.24) is 15.2 Å². The van der Waals surface area contributed by atoms with Crippen LogP contribution in [0.5, 0.6) is 0 Å². The number of pyridine rings is 1. The van der Waals surface area contributed by atoms with Gasteiger partial charge in [-0.05, 0) is 60.9 Å². The second kappa shape index (κ2) is 9.97. The molecule has 3 rings (SSSR count). The van der Waals surface area contributed by atoms with E-state index in [1.165, 1.54) is 24.4 Å². The van der Waals surface area contributed by atoms with Gasteiger partial charge in [0.1, 0.15) is 10.8 Å². The van der Waals surface area contributed by atoms with Crippen LogP contribution in [0.4, 0.5) is 13.2 Å². The molecule has 1 N–H and O–H groups in total. The zero-order chi connectivity index (χ0) is 21.7. The topological polar surface area (TPSA) is 62.3 Å². The number of rotatable bonds is 6. The van der Waals surface area contributed by atoms with Crippen LogP contribution in [0.2, 0.25) is 0 Å². The molecule has 9 heteroatoms. The number of aromatic nitrogens is 1. The number of aryl methyl sites for hydroxylation is 1. The minimum atomic E-state index is -2.66. The highest BCUT2D eigenvalue weighted by atomic mass is 32.2. The molecule has 0 spiro atoms. The lowest BCUT2D eigenvalue weighted by molar-refractivity contribution is -0.126. The molecule has 0 radical (unpaired) electrons. The summed E-state index contributed by atoms with van der Waals surface area (Å²) in [6.45, 7) is 2.61. The van der Waals surface area contributed by atoms with Crippen molar-refractivity contribution >= 4 is 23.6 Å². The zero-order valence-corrected chi connectivity index (χ0v) is 17.2. The summed E-state index contributed by atoms with van der Waals surface area (Å²) in [4.78, 5) is 30.6.